The topological polar surface area (TPSA) is 135 Å². The number of methoxy groups -OCH3 is 2. The smallest absolute Gasteiger partial charge is 0.341 e. The number of carbonyl (C=O) groups is 2. The van der Waals surface area contributed by atoms with E-state index in [4.69, 9.17) is 28.8 Å². The lowest BCUT2D eigenvalue weighted by atomic mass is 9.95. The molecule has 0 aliphatic carbocycles. The second-order valence-corrected chi connectivity index (χ2v) is 12.0. The summed E-state index contributed by atoms with van der Waals surface area (Å²) in [6.07, 6.45) is 1.68. The summed E-state index contributed by atoms with van der Waals surface area (Å²) in [6, 6.07) is 6.00. The Bertz CT molecular complexity index is 1800. The molecule has 1 aliphatic heterocycles. The first-order chi connectivity index (χ1) is 20.5. The number of halogens is 2. The quantitative estimate of drug-likeness (QED) is 0.226. The summed E-state index contributed by atoms with van der Waals surface area (Å²) in [4.78, 5) is 43.4. The van der Waals surface area contributed by atoms with E-state index in [1.165, 1.54) is 30.1 Å². The normalized spacial score (nSPS) is 14.6. The van der Waals surface area contributed by atoms with Crippen LogP contribution in [0.2, 0.25) is 0 Å². The fourth-order valence-electron chi connectivity index (χ4n) is 4.52. The van der Waals surface area contributed by atoms with Gasteiger partial charge >= 0.3 is 11.9 Å². The van der Waals surface area contributed by atoms with Crippen LogP contribution in [0.4, 0.5) is 0 Å². The van der Waals surface area contributed by atoms with Crippen LogP contribution in [-0.4, -0.2) is 55.7 Å². The summed E-state index contributed by atoms with van der Waals surface area (Å²) in [5, 5.41) is 9.01. The maximum absolute atomic E-state index is 14.1. The highest BCUT2D eigenvalue weighted by atomic mass is 127. The van der Waals surface area contributed by atoms with Crippen molar-refractivity contribution < 1.29 is 38.4 Å². The molecule has 11 nitrogen and oxygen atoms in total. The van der Waals surface area contributed by atoms with Gasteiger partial charge < -0.3 is 28.8 Å². The largest absolute Gasteiger partial charge is 0.493 e. The Morgan fingerprint density at radius 2 is 1.81 bits per heavy atom. The highest BCUT2D eigenvalue weighted by Crippen LogP contribution is 2.41. The zero-order valence-corrected chi connectivity index (χ0v) is 28.4. The van der Waals surface area contributed by atoms with Gasteiger partial charge in [-0.05, 0) is 84.8 Å². The fraction of sp³-hybridized carbons (Fsp3) is 0.310. The Hall–Kier alpha value is -3.37. The molecule has 2 aromatic carbocycles. The maximum Gasteiger partial charge on any atom is 0.341 e. The number of allylic oxidation sites excluding steroid dienone is 1. The van der Waals surface area contributed by atoms with Crippen molar-refractivity contribution in [1.29, 1.82) is 0 Å². The minimum Gasteiger partial charge on any atom is -0.493 e. The molecule has 0 unspecified atom stereocenters. The Labute approximate surface area is 272 Å². The average Bonchev–Trinajstić information content (AvgIpc) is 3.25. The molecule has 43 heavy (non-hydrogen) atoms. The van der Waals surface area contributed by atoms with Crippen LogP contribution in [0.15, 0.2) is 49.8 Å². The third-order valence-electron chi connectivity index (χ3n) is 6.28. The number of hydrogen-bond acceptors (Lipinski definition) is 10. The molecule has 0 fully saturated rings. The van der Waals surface area contributed by atoms with E-state index in [0.717, 1.165) is 0 Å². The Morgan fingerprint density at radius 1 is 1.09 bits per heavy atom. The maximum atomic E-state index is 14.1. The molecule has 0 saturated carbocycles. The molecule has 0 saturated heterocycles. The summed E-state index contributed by atoms with van der Waals surface area (Å²) >= 11 is 6.80. The molecule has 14 heteroatoms. The third-order valence-corrected chi connectivity index (χ3v) is 8.75. The van der Waals surface area contributed by atoms with Crippen molar-refractivity contribution in [2.24, 2.45) is 4.99 Å². The molecule has 1 aliphatic rings. The molecule has 0 bridgehead atoms. The minimum absolute atomic E-state index is 0.146. The van der Waals surface area contributed by atoms with Crippen LogP contribution in [0.1, 0.15) is 37.9 Å². The van der Waals surface area contributed by atoms with E-state index in [1.807, 2.05) is 29.5 Å². The Morgan fingerprint density at radius 3 is 2.44 bits per heavy atom. The van der Waals surface area contributed by atoms with E-state index in [9.17, 15) is 14.4 Å². The standard InChI is InChI=1S/C29H28BrIN2O9S/c1-6-40-20-12-17(30)16(11-19(20)38-4)25-24(28(37)41-7-2)14(3)32-29-33(25)27(36)22(43-29)10-15-8-18(31)26(21(9-15)39-5)42-13-23(34)35/h8-12,25H,6-7,13H2,1-5H3,(H,34,35)/b22-10+/t25-/m1/s1. The number of carboxylic acid groups (broad SMARTS) is 1. The molecule has 1 N–H and O–H groups in total. The molecule has 1 atom stereocenters. The Balaban J connectivity index is 1.94. The van der Waals surface area contributed by atoms with Gasteiger partial charge in [-0.15, -0.1) is 0 Å². The molecule has 0 spiro atoms. The molecular formula is C29H28BrIN2O9S. The van der Waals surface area contributed by atoms with Crippen molar-refractivity contribution in [3.63, 3.8) is 0 Å². The molecule has 2 heterocycles. The molecule has 4 rings (SSSR count). The number of fused-ring (bicyclic) bond motifs is 1. The SMILES string of the molecule is CCOC(=O)C1=C(C)N=c2s/c(=C/c3cc(I)c(OCC(=O)O)c(OC)c3)c(=O)n2[C@@H]1c1cc(OC)c(OCC)cc1Br. The summed E-state index contributed by atoms with van der Waals surface area (Å²) in [7, 11) is 2.96. The van der Waals surface area contributed by atoms with Crippen molar-refractivity contribution in [3.8, 4) is 23.0 Å². The number of carboxylic acids is 1. The predicted molar refractivity (Wildman–Crippen MR) is 171 cm³/mol. The highest BCUT2D eigenvalue weighted by molar-refractivity contribution is 14.1. The molecule has 0 radical (unpaired) electrons. The summed E-state index contributed by atoms with van der Waals surface area (Å²) in [6.45, 7) is 5.31. The number of nitrogens with zero attached hydrogens (tertiary/aromatic N) is 2. The van der Waals surface area contributed by atoms with Gasteiger partial charge in [0.05, 0.1) is 52.8 Å². The number of carbonyl (C=O) groups excluding carboxylic acids is 1. The number of aromatic nitrogens is 1. The first kappa shape index (κ1) is 32.5. The zero-order chi connectivity index (χ0) is 31.4. The van der Waals surface area contributed by atoms with Gasteiger partial charge in [-0.25, -0.2) is 14.6 Å². The van der Waals surface area contributed by atoms with Gasteiger partial charge in [-0.1, -0.05) is 27.3 Å². The van der Waals surface area contributed by atoms with E-state index in [2.05, 4.69) is 20.9 Å². The molecular weight excluding hydrogens is 759 g/mol. The Kier molecular flexibility index (Phi) is 10.6. The monoisotopic (exact) mass is 786 g/mol. The highest BCUT2D eigenvalue weighted by Gasteiger charge is 2.35. The third kappa shape index (κ3) is 6.75. The van der Waals surface area contributed by atoms with E-state index in [-0.39, 0.29) is 23.5 Å². The summed E-state index contributed by atoms with van der Waals surface area (Å²) in [5.41, 5.74) is 1.48. The number of thiazole rings is 1. The first-order valence-corrected chi connectivity index (χ1v) is 15.6. The van der Waals surface area contributed by atoms with E-state index < -0.39 is 24.6 Å². The van der Waals surface area contributed by atoms with Gasteiger partial charge in [-0.2, -0.15) is 0 Å². The summed E-state index contributed by atoms with van der Waals surface area (Å²) in [5.74, 6) is -0.160. The van der Waals surface area contributed by atoms with Crippen molar-refractivity contribution in [1.82, 2.24) is 4.57 Å². The summed E-state index contributed by atoms with van der Waals surface area (Å²) < 4.78 is 30.6. The van der Waals surface area contributed by atoms with Crippen LogP contribution in [-0.2, 0) is 14.3 Å². The van der Waals surface area contributed by atoms with E-state index in [1.54, 1.807) is 44.2 Å². The molecule has 0 amide bonds. The second kappa shape index (κ2) is 13.9. The van der Waals surface area contributed by atoms with Gasteiger partial charge in [-0.3, -0.25) is 9.36 Å². The van der Waals surface area contributed by atoms with Crippen molar-refractivity contribution >= 4 is 67.9 Å². The van der Waals surface area contributed by atoms with Crippen LogP contribution >= 0.6 is 49.9 Å². The van der Waals surface area contributed by atoms with Crippen LogP contribution < -0.4 is 33.8 Å². The molecule has 228 valence electrons. The number of ether oxygens (including phenoxy) is 5. The lowest BCUT2D eigenvalue weighted by Crippen LogP contribution is -2.40. The van der Waals surface area contributed by atoms with Gasteiger partial charge in [0.1, 0.15) is 0 Å². The van der Waals surface area contributed by atoms with Gasteiger partial charge in [0, 0.05) is 4.47 Å². The number of aliphatic carboxylic acids is 1. The zero-order valence-electron chi connectivity index (χ0n) is 23.9. The van der Waals surface area contributed by atoms with Crippen LogP contribution in [0, 0.1) is 3.57 Å². The molecule has 3 aromatic rings. The predicted octanol–water partition coefficient (Wildman–Crippen LogP) is 4.04. The van der Waals surface area contributed by atoms with E-state index >= 15 is 0 Å². The first-order valence-electron chi connectivity index (χ1n) is 13.0. The van der Waals surface area contributed by atoms with Crippen molar-refractivity contribution in [2.45, 2.75) is 26.8 Å². The van der Waals surface area contributed by atoms with Crippen LogP contribution in [0.5, 0.6) is 23.0 Å². The van der Waals surface area contributed by atoms with Crippen LogP contribution in [0.3, 0.4) is 0 Å². The second-order valence-electron chi connectivity index (χ2n) is 8.98. The van der Waals surface area contributed by atoms with Gasteiger partial charge in [0.2, 0.25) is 0 Å². The number of esters is 1. The van der Waals surface area contributed by atoms with Gasteiger partial charge in [0.25, 0.3) is 5.56 Å². The number of hydrogen-bond donors (Lipinski definition) is 1. The number of benzene rings is 2. The van der Waals surface area contributed by atoms with Crippen LogP contribution in [0.25, 0.3) is 6.08 Å². The average molecular weight is 787 g/mol. The molecule has 1 aromatic heterocycles. The fourth-order valence-corrected chi connectivity index (χ4v) is 6.89. The van der Waals surface area contributed by atoms with Gasteiger partial charge in [0.15, 0.2) is 34.4 Å². The lowest BCUT2D eigenvalue weighted by molar-refractivity contribution is -0.140. The minimum atomic E-state index is -1.12. The van der Waals surface area contributed by atoms with Crippen molar-refractivity contribution in [3.05, 3.63) is 74.4 Å². The van der Waals surface area contributed by atoms with E-state index in [0.29, 0.717) is 58.1 Å². The van der Waals surface area contributed by atoms with Crippen molar-refractivity contribution in [2.75, 3.05) is 34.0 Å². The number of rotatable bonds is 11. The lowest BCUT2D eigenvalue weighted by Gasteiger charge is -2.26.